The first-order valence-electron chi connectivity index (χ1n) is 8.83. The monoisotopic (exact) mass is 395 g/mol. The van der Waals surface area contributed by atoms with Crippen LogP contribution in [0, 0.1) is 0 Å². The zero-order chi connectivity index (χ0) is 18.4. The van der Waals surface area contributed by atoms with Gasteiger partial charge in [-0.1, -0.05) is 41.8 Å². The first-order valence-corrected chi connectivity index (χ1v) is 9.59. The van der Waals surface area contributed by atoms with Crippen molar-refractivity contribution in [3.8, 4) is 22.5 Å². The van der Waals surface area contributed by atoms with Crippen LogP contribution in [-0.4, -0.2) is 25.6 Å². The summed E-state index contributed by atoms with van der Waals surface area (Å²) in [6.45, 7) is 0. The topological polar surface area (TPSA) is 67.3 Å². The second-order valence-electron chi connectivity index (χ2n) is 6.78. The Kier molecular flexibility index (Phi) is 4.06. The number of aromatic nitrogens is 5. The summed E-state index contributed by atoms with van der Waals surface area (Å²) >= 11 is 12.6. The fraction of sp³-hybridized carbons (Fsp3) is 0.200. The summed E-state index contributed by atoms with van der Waals surface area (Å²) in [4.78, 5) is 4.99. The van der Waals surface area contributed by atoms with Crippen LogP contribution in [0.1, 0.15) is 30.9 Å². The number of rotatable bonds is 3. The number of hydrogen-bond donors (Lipinski definition) is 1. The number of hydrogen-bond acceptors (Lipinski definition) is 4. The van der Waals surface area contributed by atoms with E-state index < -0.39 is 0 Å². The first kappa shape index (κ1) is 16.7. The lowest BCUT2D eigenvalue weighted by Crippen LogP contribution is -2.13. The van der Waals surface area contributed by atoms with E-state index in [0.29, 0.717) is 21.8 Å². The molecule has 1 aliphatic rings. The molecule has 0 unspecified atom stereocenters. The lowest BCUT2D eigenvalue weighted by molar-refractivity contribution is 0.413. The van der Waals surface area contributed by atoms with Gasteiger partial charge in [-0.25, -0.2) is 0 Å². The van der Waals surface area contributed by atoms with Crippen molar-refractivity contribution >= 4 is 34.1 Å². The third-order valence-corrected chi connectivity index (χ3v) is 5.62. The fourth-order valence-electron chi connectivity index (χ4n) is 3.67. The van der Waals surface area contributed by atoms with Crippen LogP contribution in [0.25, 0.3) is 33.4 Å². The van der Waals surface area contributed by atoms with Crippen molar-refractivity contribution in [2.75, 3.05) is 0 Å². The van der Waals surface area contributed by atoms with Crippen molar-refractivity contribution in [2.24, 2.45) is 0 Å². The largest absolute Gasteiger partial charge is 0.252 e. The van der Waals surface area contributed by atoms with Crippen LogP contribution in [0.3, 0.4) is 0 Å². The average Bonchev–Trinajstić information content (AvgIpc) is 3.13. The van der Waals surface area contributed by atoms with Gasteiger partial charge in [0.2, 0.25) is 5.82 Å². The van der Waals surface area contributed by atoms with E-state index in [0.717, 1.165) is 46.1 Å². The molecule has 134 valence electrons. The molecule has 1 aliphatic carbocycles. The highest BCUT2D eigenvalue weighted by molar-refractivity contribution is 6.32. The van der Waals surface area contributed by atoms with Gasteiger partial charge in [-0.05, 0) is 54.0 Å². The number of nitrogens with zero attached hydrogens (tertiary/aromatic N) is 4. The van der Waals surface area contributed by atoms with Crippen LogP contribution in [0.15, 0.2) is 42.5 Å². The van der Waals surface area contributed by atoms with Crippen LogP contribution in [0.5, 0.6) is 0 Å². The number of benzene rings is 2. The minimum atomic E-state index is 0.400. The zero-order valence-electron chi connectivity index (χ0n) is 14.3. The minimum Gasteiger partial charge on any atom is -0.252 e. The third-order valence-electron chi connectivity index (χ3n) is 5.15. The fourth-order valence-corrected chi connectivity index (χ4v) is 4.03. The molecule has 0 aliphatic heterocycles. The van der Waals surface area contributed by atoms with Crippen molar-refractivity contribution < 1.29 is 0 Å². The Labute approximate surface area is 165 Å². The van der Waals surface area contributed by atoms with E-state index in [9.17, 15) is 0 Å². The lowest BCUT2D eigenvalue weighted by atomic mass is 9.79. The van der Waals surface area contributed by atoms with Gasteiger partial charge in [-0.15, -0.1) is 10.2 Å². The van der Waals surface area contributed by atoms with E-state index in [-0.39, 0.29) is 0 Å². The predicted octanol–water partition coefficient (Wildman–Crippen LogP) is 5.66. The molecule has 27 heavy (non-hydrogen) atoms. The maximum Gasteiger partial charge on any atom is 0.207 e. The summed E-state index contributed by atoms with van der Waals surface area (Å²) in [7, 11) is 0. The molecule has 1 N–H and O–H groups in total. The van der Waals surface area contributed by atoms with E-state index in [1.165, 1.54) is 6.42 Å². The summed E-state index contributed by atoms with van der Waals surface area (Å²) in [6.07, 6.45) is 3.45. The van der Waals surface area contributed by atoms with E-state index in [1.54, 1.807) is 0 Å². The third kappa shape index (κ3) is 2.87. The Hall–Kier alpha value is -2.50. The number of pyridine rings is 1. The number of aromatic amines is 1. The maximum absolute atomic E-state index is 6.32. The van der Waals surface area contributed by atoms with Crippen LogP contribution in [0.4, 0.5) is 0 Å². The molecule has 1 fully saturated rings. The van der Waals surface area contributed by atoms with Gasteiger partial charge in [0.15, 0.2) is 0 Å². The molecular weight excluding hydrogens is 381 g/mol. The summed E-state index contributed by atoms with van der Waals surface area (Å²) in [5, 5.41) is 17.2. The Morgan fingerprint density at radius 3 is 2.52 bits per heavy atom. The Morgan fingerprint density at radius 1 is 0.963 bits per heavy atom. The number of halogens is 2. The van der Waals surface area contributed by atoms with Crippen molar-refractivity contribution in [3.63, 3.8) is 0 Å². The molecule has 0 amide bonds. The van der Waals surface area contributed by atoms with Crippen LogP contribution in [-0.2, 0) is 0 Å². The van der Waals surface area contributed by atoms with Gasteiger partial charge >= 0.3 is 0 Å². The van der Waals surface area contributed by atoms with E-state index >= 15 is 0 Å². The number of fused-ring (bicyclic) bond motifs is 1. The normalized spacial score (nSPS) is 14.4. The van der Waals surface area contributed by atoms with Gasteiger partial charge < -0.3 is 0 Å². The summed E-state index contributed by atoms with van der Waals surface area (Å²) < 4.78 is 0. The van der Waals surface area contributed by atoms with E-state index in [2.05, 4.69) is 20.6 Å². The molecule has 5 rings (SSSR count). The van der Waals surface area contributed by atoms with Crippen molar-refractivity contribution in [2.45, 2.75) is 25.2 Å². The van der Waals surface area contributed by atoms with Crippen LogP contribution in [0.2, 0.25) is 10.0 Å². The Balaban J connectivity index is 1.93. The minimum absolute atomic E-state index is 0.400. The van der Waals surface area contributed by atoms with Gasteiger partial charge in [-0.2, -0.15) is 5.21 Å². The van der Waals surface area contributed by atoms with Gasteiger partial charge in [0.1, 0.15) is 0 Å². The summed E-state index contributed by atoms with van der Waals surface area (Å²) in [6, 6.07) is 13.6. The SMILES string of the molecule is Clc1cccc(-c2c(-c3nn[nH]n3)c(C3CCC3)nc3ccc(Cl)cc23)c1. The Bertz CT molecular complexity index is 1140. The molecule has 0 spiro atoms. The molecular formula is C20H15Cl2N5. The Morgan fingerprint density at radius 2 is 1.81 bits per heavy atom. The second-order valence-corrected chi connectivity index (χ2v) is 7.65. The lowest BCUT2D eigenvalue weighted by Gasteiger charge is -2.28. The van der Waals surface area contributed by atoms with Gasteiger partial charge in [-0.3, -0.25) is 4.98 Å². The standard InChI is InChI=1S/C20H15Cl2N5/c21-13-6-2-5-12(9-13)17-15-10-14(22)7-8-16(15)23-19(11-3-1-4-11)18(17)20-24-26-27-25-20/h2,5-11H,1,3-4H2,(H,24,25,26,27). The summed E-state index contributed by atoms with van der Waals surface area (Å²) in [5.41, 5.74) is 4.81. The highest BCUT2D eigenvalue weighted by Gasteiger charge is 2.29. The molecule has 0 atom stereocenters. The van der Waals surface area contributed by atoms with Crippen molar-refractivity contribution in [1.82, 2.24) is 25.6 Å². The van der Waals surface area contributed by atoms with Crippen molar-refractivity contribution in [1.29, 1.82) is 0 Å². The van der Waals surface area contributed by atoms with Crippen LogP contribution < -0.4 is 0 Å². The first-order chi connectivity index (χ1) is 13.2. The van der Waals surface area contributed by atoms with E-state index in [4.69, 9.17) is 28.2 Å². The maximum atomic E-state index is 6.32. The van der Waals surface area contributed by atoms with Gasteiger partial charge in [0.25, 0.3) is 0 Å². The van der Waals surface area contributed by atoms with Crippen molar-refractivity contribution in [3.05, 3.63) is 58.2 Å². The molecule has 0 bridgehead atoms. The molecule has 0 saturated heterocycles. The van der Waals surface area contributed by atoms with E-state index in [1.807, 2.05) is 42.5 Å². The molecule has 7 heteroatoms. The summed E-state index contributed by atoms with van der Waals surface area (Å²) in [5.74, 6) is 0.942. The molecule has 2 aromatic carbocycles. The molecule has 4 aromatic rings. The smallest absolute Gasteiger partial charge is 0.207 e. The zero-order valence-corrected chi connectivity index (χ0v) is 15.8. The van der Waals surface area contributed by atoms with Crippen LogP contribution >= 0.6 is 23.2 Å². The predicted molar refractivity (Wildman–Crippen MR) is 107 cm³/mol. The number of H-pyrrole nitrogens is 1. The molecule has 1 saturated carbocycles. The average molecular weight is 396 g/mol. The molecule has 0 radical (unpaired) electrons. The highest BCUT2D eigenvalue weighted by atomic mass is 35.5. The number of tetrazole rings is 1. The quantitative estimate of drug-likeness (QED) is 0.486. The molecule has 2 aromatic heterocycles. The highest BCUT2D eigenvalue weighted by Crippen LogP contribution is 2.46. The molecule has 5 nitrogen and oxygen atoms in total. The van der Waals surface area contributed by atoms with Gasteiger partial charge in [0.05, 0.1) is 16.8 Å². The second kappa shape index (κ2) is 6.59. The number of nitrogens with one attached hydrogen (secondary N) is 1. The molecule has 2 heterocycles. The van der Waals surface area contributed by atoms with Gasteiger partial charge in [0, 0.05) is 26.9 Å².